The Morgan fingerprint density at radius 1 is 1.38 bits per heavy atom. The van der Waals surface area contributed by atoms with Crippen molar-refractivity contribution >= 4 is 33.0 Å². The summed E-state index contributed by atoms with van der Waals surface area (Å²) < 4.78 is 29.7. The smallest absolute Gasteiger partial charge is 0.229 e. The van der Waals surface area contributed by atoms with Crippen LogP contribution in [0.1, 0.15) is 12.8 Å². The number of hydrogen-bond acceptors (Lipinski definition) is 6. The van der Waals surface area contributed by atoms with Crippen LogP contribution in [0.15, 0.2) is 35.1 Å². The summed E-state index contributed by atoms with van der Waals surface area (Å²) >= 11 is 0. The van der Waals surface area contributed by atoms with Gasteiger partial charge in [0.1, 0.15) is 24.6 Å². The third kappa shape index (κ3) is 4.20. The maximum atomic E-state index is 11.8. The Balaban J connectivity index is 1.99. The fraction of sp³-hybridized carbons (Fsp3) is 0.438. The zero-order chi connectivity index (χ0) is 18.9. The summed E-state index contributed by atoms with van der Waals surface area (Å²) in [6.07, 6.45) is 9.11. The van der Waals surface area contributed by atoms with E-state index in [1.165, 1.54) is 10.9 Å². The van der Waals surface area contributed by atoms with Gasteiger partial charge in [0.2, 0.25) is 15.7 Å². The number of nitrogen functional groups attached to an aromatic ring is 1. The molecule has 1 aliphatic carbocycles. The van der Waals surface area contributed by atoms with E-state index in [0.717, 1.165) is 12.0 Å². The number of nitrogens with one attached hydrogen (secondary N) is 1. The van der Waals surface area contributed by atoms with Crippen molar-refractivity contribution in [1.82, 2.24) is 14.5 Å². The predicted molar refractivity (Wildman–Crippen MR) is 100 cm³/mol. The van der Waals surface area contributed by atoms with Crippen LogP contribution in [0, 0.1) is 0 Å². The lowest BCUT2D eigenvalue weighted by Gasteiger charge is -2.18. The van der Waals surface area contributed by atoms with Gasteiger partial charge in [0.25, 0.3) is 0 Å². The van der Waals surface area contributed by atoms with Crippen LogP contribution in [-0.2, 0) is 17.1 Å². The van der Waals surface area contributed by atoms with Crippen molar-refractivity contribution in [1.29, 1.82) is 0 Å². The zero-order valence-electron chi connectivity index (χ0n) is 14.8. The number of aliphatic hydroxyl groups excluding tert-OH is 1. The average molecular weight is 379 g/mol. The second-order valence-electron chi connectivity index (χ2n) is 6.44. The molecule has 26 heavy (non-hydrogen) atoms. The summed E-state index contributed by atoms with van der Waals surface area (Å²) in [7, 11) is -1.77. The van der Waals surface area contributed by atoms with E-state index in [9.17, 15) is 13.5 Å². The lowest BCUT2D eigenvalue weighted by molar-refractivity contribution is -0.540. The van der Waals surface area contributed by atoms with E-state index < -0.39 is 10.0 Å². The quantitative estimate of drug-likeness (QED) is 0.490. The standard InChI is InChI=1S/C16H22N6O3S/c1-21-16(17)15(10-18-21)19-13-4-3-11(9-14(13)20-26(2,24)25)22-7-5-12(23)6-8-22/h3-4,9-10,12,23H,5-8H2,1-2H3,(H2,17,18,20)/p+1. The van der Waals surface area contributed by atoms with E-state index in [1.54, 1.807) is 19.2 Å². The fourth-order valence-corrected chi connectivity index (χ4v) is 3.44. The van der Waals surface area contributed by atoms with E-state index in [0.29, 0.717) is 48.8 Å². The lowest BCUT2D eigenvalue weighted by atomic mass is 10.1. The number of sulfonamides is 1. The molecule has 9 nitrogen and oxygen atoms in total. The topological polar surface area (TPSA) is 126 Å². The summed E-state index contributed by atoms with van der Waals surface area (Å²) in [5.41, 5.74) is 8.10. The van der Waals surface area contributed by atoms with Gasteiger partial charge >= 0.3 is 0 Å². The largest absolute Gasteiger partial charge is 0.393 e. The van der Waals surface area contributed by atoms with Crippen molar-refractivity contribution in [3.05, 3.63) is 30.1 Å². The van der Waals surface area contributed by atoms with Crippen molar-refractivity contribution in [3.8, 4) is 0 Å². The molecule has 1 aromatic rings. The van der Waals surface area contributed by atoms with Crippen LogP contribution in [0.5, 0.6) is 0 Å². The van der Waals surface area contributed by atoms with Crippen LogP contribution < -0.4 is 10.5 Å². The molecule has 0 atom stereocenters. The van der Waals surface area contributed by atoms with Crippen molar-refractivity contribution in [2.24, 2.45) is 12.0 Å². The Bertz CT molecular complexity index is 929. The lowest BCUT2D eigenvalue weighted by Crippen LogP contribution is -2.34. The third-order valence-electron chi connectivity index (χ3n) is 4.31. The minimum Gasteiger partial charge on any atom is -0.393 e. The molecule has 0 aromatic carbocycles. The van der Waals surface area contributed by atoms with Gasteiger partial charge in [0, 0.05) is 32.0 Å². The number of rotatable bonds is 3. The Morgan fingerprint density at radius 3 is 2.65 bits per heavy atom. The second-order valence-corrected chi connectivity index (χ2v) is 8.19. The molecule has 4 N–H and O–H groups in total. The first-order valence-corrected chi connectivity index (χ1v) is 10.2. The molecule has 0 saturated carbocycles. The van der Waals surface area contributed by atoms with Crippen LogP contribution in [0.4, 0.5) is 11.5 Å². The number of nitrogens with two attached hydrogens (primary N) is 1. The van der Waals surface area contributed by atoms with Crippen LogP contribution in [0.2, 0.25) is 0 Å². The molecule has 0 unspecified atom stereocenters. The Hall–Kier alpha value is -2.46. The van der Waals surface area contributed by atoms with Crippen molar-refractivity contribution in [2.75, 3.05) is 25.1 Å². The van der Waals surface area contributed by atoms with Crippen LogP contribution in [-0.4, -0.2) is 64.8 Å². The molecule has 2 heterocycles. The Kier molecular flexibility index (Phi) is 4.97. The van der Waals surface area contributed by atoms with Gasteiger partial charge in [-0.1, -0.05) is 0 Å². The minimum absolute atomic E-state index is 0.275. The van der Waals surface area contributed by atoms with Gasteiger partial charge < -0.3 is 10.8 Å². The van der Waals surface area contributed by atoms with Crippen LogP contribution >= 0.6 is 0 Å². The number of hydrogen-bond donors (Lipinski definition) is 3. The molecule has 0 amide bonds. The highest BCUT2D eigenvalue weighted by Gasteiger charge is 2.24. The summed E-state index contributed by atoms with van der Waals surface area (Å²) in [6.45, 7) is 1.43. The van der Waals surface area contributed by atoms with Gasteiger partial charge in [-0.3, -0.25) is 9.40 Å². The van der Waals surface area contributed by atoms with Gasteiger partial charge in [-0.2, -0.15) is 5.10 Å². The van der Waals surface area contributed by atoms with Crippen molar-refractivity contribution < 1.29 is 18.1 Å². The molecule has 1 aromatic heterocycles. The number of piperidine rings is 1. The molecule has 2 aliphatic rings. The molecule has 1 aliphatic heterocycles. The molecule has 0 bridgehead atoms. The average Bonchev–Trinajstić information content (AvgIpc) is 2.88. The van der Waals surface area contributed by atoms with E-state index in [4.69, 9.17) is 5.73 Å². The SMILES string of the molecule is Cn1ncc(N=C2C=CC(=[N+]3CCC(O)CC3)C=C2NS(C)(=O)=O)c1N. The summed E-state index contributed by atoms with van der Waals surface area (Å²) in [4.78, 5) is 4.45. The molecule has 3 rings (SSSR count). The van der Waals surface area contributed by atoms with Crippen molar-refractivity contribution in [2.45, 2.75) is 18.9 Å². The summed E-state index contributed by atoms with van der Waals surface area (Å²) in [6, 6.07) is 0. The molecule has 140 valence electrons. The van der Waals surface area contributed by atoms with Crippen LogP contribution in [0.3, 0.4) is 0 Å². The first-order chi connectivity index (χ1) is 12.2. The number of allylic oxidation sites excluding steroid dienone is 3. The molecule has 0 radical (unpaired) electrons. The number of anilines is 1. The Morgan fingerprint density at radius 2 is 2.08 bits per heavy atom. The van der Waals surface area contributed by atoms with Gasteiger partial charge in [-0.25, -0.2) is 18.0 Å². The molecule has 10 heteroatoms. The third-order valence-corrected chi connectivity index (χ3v) is 4.90. The molecule has 0 spiro atoms. The predicted octanol–water partition coefficient (Wildman–Crippen LogP) is -0.314. The number of aliphatic hydroxyl groups is 1. The molecular formula is C16H23N6O3S+. The first-order valence-electron chi connectivity index (χ1n) is 8.27. The summed E-state index contributed by atoms with van der Waals surface area (Å²) in [5, 5.41) is 13.7. The van der Waals surface area contributed by atoms with Crippen molar-refractivity contribution in [3.63, 3.8) is 0 Å². The molecular weight excluding hydrogens is 356 g/mol. The van der Waals surface area contributed by atoms with Gasteiger partial charge in [0.15, 0.2) is 0 Å². The van der Waals surface area contributed by atoms with Gasteiger partial charge in [-0.05, 0) is 6.08 Å². The first kappa shape index (κ1) is 18.3. The monoisotopic (exact) mass is 379 g/mol. The second kappa shape index (κ2) is 7.04. The maximum absolute atomic E-state index is 11.8. The fourth-order valence-electron chi connectivity index (χ4n) is 2.88. The van der Waals surface area contributed by atoms with E-state index in [2.05, 4.69) is 19.4 Å². The Labute approximate surface area is 152 Å². The van der Waals surface area contributed by atoms with Gasteiger partial charge in [-0.15, -0.1) is 0 Å². The summed E-state index contributed by atoms with van der Waals surface area (Å²) in [5.74, 6) is 0.393. The highest BCUT2D eigenvalue weighted by molar-refractivity contribution is 7.88. The molecule has 1 saturated heterocycles. The number of aliphatic imine (C=N–C) groups is 1. The highest BCUT2D eigenvalue weighted by Crippen LogP contribution is 2.22. The number of aromatic nitrogens is 2. The van der Waals surface area contributed by atoms with E-state index in [1.807, 2.05) is 6.08 Å². The normalized spacial score (nSPS) is 22.7. The zero-order valence-corrected chi connectivity index (χ0v) is 15.6. The van der Waals surface area contributed by atoms with Crippen LogP contribution in [0.25, 0.3) is 0 Å². The van der Waals surface area contributed by atoms with Gasteiger partial charge in [0.05, 0.1) is 30.0 Å². The number of nitrogens with zero attached hydrogens (tertiary/aromatic N) is 4. The maximum Gasteiger partial charge on any atom is 0.229 e. The number of aryl methyl sites for hydroxylation is 1. The molecule has 1 fully saturated rings. The minimum atomic E-state index is -3.47. The highest BCUT2D eigenvalue weighted by atomic mass is 32.2. The van der Waals surface area contributed by atoms with E-state index in [-0.39, 0.29) is 6.10 Å². The van der Waals surface area contributed by atoms with E-state index >= 15 is 0 Å².